The molecule has 112 valence electrons. The van der Waals surface area contributed by atoms with Gasteiger partial charge in [0.1, 0.15) is 4.88 Å². The summed E-state index contributed by atoms with van der Waals surface area (Å²) in [6.07, 6.45) is 1.71. The average Bonchev–Trinajstić information content (AvgIpc) is 2.81. The molecule has 0 aromatic carbocycles. The van der Waals surface area contributed by atoms with E-state index in [1.807, 2.05) is 0 Å². The highest BCUT2D eigenvalue weighted by atomic mass is 32.2. The van der Waals surface area contributed by atoms with Gasteiger partial charge in [-0.15, -0.1) is 11.3 Å². The van der Waals surface area contributed by atoms with Crippen LogP contribution >= 0.6 is 11.3 Å². The summed E-state index contributed by atoms with van der Waals surface area (Å²) in [5.41, 5.74) is 6.24. The van der Waals surface area contributed by atoms with E-state index >= 15 is 0 Å². The van der Waals surface area contributed by atoms with Gasteiger partial charge in [-0.2, -0.15) is 8.42 Å². The van der Waals surface area contributed by atoms with Crippen molar-refractivity contribution in [1.29, 1.82) is 0 Å². The smallest absolute Gasteiger partial charge is 0.274 e. The summed E-state index contributed by atoms with van der Waals surface area (Å²) < 4.78 is 24.1. The lowest BCUT2D eigenvalue weighted by Gasteiger charge is -2.32. The van der Waals surface area contributed by atoms with Crippen LogP contribution < -0.4 is 15.6 Å². The fourth-order valence-electron chi connectivity index (χ4n) is 2.29. The van der Waals surface area contributed by atoms with Crippen molar-refractivity contribution in [1.82, 2.24) is 9.62 Å². The van der Waals surface area contributed by atoms with Crippen LogP contribution in [0.1, 0.15) is 22.5 Å². The molecule has 7 nitrogen and oxygen atoms in total. The Hall–Kier alpha value is -1.16. The number of carbonyl (C=O) groups excluding carboxylic acids is 1. The largest absolute Gasteiger partial charge is 0.397 e. The molecule has 1 amide bonds. The highest BCUT2D eigenvalue weighted by molar-refractivity contribution is 7.87. The van der Waals surface area contributed by atoms with E-state index in [9.17, 15) is 13.2 Å². The summed E-state index contributed by atoms with van der Waals surface area (Å²) in [6, 6.07) is 1.71. The number of hydrogen-bond donors (Lipinski definition) is 3. The minimum absolute atomic E-state index is 0.0761. The molecule has 5 N–H and O–H groups in total. The molecule has 9 heteroatoms. The van der Waals surface area contributed by atoms with E-state index in [1.54, 1.807) is 16.3 Å². The van der Waals surface area contributed by atoms with Gasteiger partial charge in [-0.3, -0.25) is 4.79 Å². The second-order valence-electron chi connectivity index (χ2n) is 4.86. The topological polar surface area (TPSA) is 119 Å². The number of hydrogen-bond acceptors (Lipinski definition) is 5. The van der Waals surface area contributed by atoms with Crippen LogP contribution in [0.15, 0.2) is 11.4 Å². The van der Waals surface area contributed by atoms with Crippen LogP contribution in [-0.4, -0.2) is 38.9 Å². The number of rotatable bonds is 4. The summed E-state index contributed by atoms with van der Waals surface area (Å²) in [4.78, 5) is 14.6. The van der Waals surface area contributed by atoms with E-state index < -0.39 is 10.2 Å². The van der Waals surface area contributed by atoms with E-state index in [4.69, 9.17) is 10.9 Å². The molecule has 1 saturated heterocycles. The maximum atomic E-state index is 12.3. The van der Waals surface area contributed by atoms with E-state index in [0.29, 0.717) is 23.7 Å². The van der Waals surface area contributed by atoms with E-state index in [-0.39, 0.29) is 18.4 Å². The Morgan fingerprint density at radius 2 is 2.30 bits per heavy atom. The molecule has 20 heavy (non-hydrogen) atoms. The molecule has 1 aromatic rings. The molecule has 0 saturated carbocycles. The quantitative estimate of drug-likeness (QED) is 0.722. The predicted octanol–water partition coefficient (Wildman–Crippen LogP) is -0.0244. The molecule has 1 unspecified atom stereocenters. The molecule has 2 rings (SSSR count). The van der Waals surface area contributed by atoms with Crippen molar-refractivity contribution in [2.45, 2.75) is 12.8 Å². The summed E-state index contributed by atoms with van der Waals surface area (Å²) in [6.45, 7) is 1.43. The number of nitrogen functional groups attached to an aromatic ring is 1. The van der Waals surface area contributed by atoms with Crippen LogP contribution in [0.3, 0.4) is 0 Å². The normalized spacial score (nSPS) is 20.1. The molecule has 1 fully saturated rings. The minimum Gasteiger partial charge on any atom is -0.397 e. The number of piperidine rings is 1. The van der Waals surface area contributed by atoms with Crippen molar-refractivity contribution in [3.8, 4) is 0 Å². The second kappa shape index (κ2) is 6.08. The van der Waals surface area contributed by atoms with Crippen LogP contribution in [0, 0.1) is 5.92 Å². The average molecular weight is 318 g/mol. The summed E-state index contributed by atoms with van der Waals surface area (Å²) in [5.74, 6) is -0.00924. The third-order valence-corrected chi connectivity index (χ3v) is 4.76. The zero-order chi connectivity index (χ0) is 14.8. The fraction of sp³-hybridized carbons (Fsp3) is 0.545. The first kappa shape index (κ1) is 15.2. The van der Waals surface area contributed by atoms with Crippen LogP contribution in [0.2, 0.25) is 0 Å². The summed E-state index contributed by atoms with van der Waals surface area (Å²) >= 11 is 1.32. The van der Waals surface area contributed by atoms with E-state index in [2.05, 4.69) is 4.72 Å². The number of carbonyl (C=O) groups is 1. The number of thiophene rings is 1. The Morgan fingerprint density at radius 1 is 1.55 bits per heavy atom. The van der Waals surface area contributed by atoms with Crippen molar-refractivity contribution < 1.29 is 13.2 Å². The van der Waals surface area contributed by atoms with Gasteiger partial charge in [0.25, 0.3) is 16.1 Å². The SMILES string of the molecule is Nc1ccsc1C(=O)N1CCCC(CNS(N)(=O)=O)C1. The molecular formula is C11H18N4O3S2. The number of likely N-dealkylation sites (tertiary alicyclic amines) is 1. The molecule has 0 aliphatic carbocycles. The number of nitrogens with one attached hydrogen (secondary N) is 1. The van der Waals surface area contributed by atoms with Crippen molar-refractivity contribution in [2.24, 2.45) is 11.1 Å². The van der Waals surface area contributed by atoms with Crippen molar-refractivity contribution in [3.05, 3.63) is 16.3 Å². The fourth-order valence-corrected chi connectivity index (χ4v) is 3.54. The Balaban J connectivity index is 1.97. The number of nitrogens with zero attached hydrogens (tertiary/aromatic N) is 1. The van der Waals surface area contributed by atoms with Crippen LogP contribution in [0.5, 0.6) is 0 Å². The number of amides is 1. The first-order valence-electron chi connectivity index (χ1n) is 6.26. The predicted molar refractivity (Wildman–Crippen MR) is 78.5 cm³/mol. The molecule has 0 bridgehead atoms. The first-order chi connectivity index (χ1) is 9.37. The van der Waals surface area contributed by atoms with Gasteiger partial charge in [-0.1, -0.05) is 0 Å². The number of anilines is 1. The molecule has 1 aliphatic rings. The molecule has 0 radical (unpaired) electrons. The van der Waals surface area contributed by atoms with Crippen LogP contribution in [0.4, 0.5) is 5.69 Å². The standard InChI is InChI=1S/C11H18N4O3S2/c12-9-3-5-19-10(9)11(16)15-4-1-2-8(7-15)6-14-20(13,17)18/h3,5,8,14H,1-2,4,6-7,12H2,(H2,13,17,18). The maximum absolute atomic E-state index is 12.3. The van der Waals surface area contributed by atoms with Gasteiger partial charge < -0.3 is 10.6 Å². The zero-order valence-electron chi connectivity index (χ0n) is 10.9. The minimum atomic E-state index is -3.68. The molecule has 1 atom stereocenters. The first-order valence-corrected chi connectivity index (χ1v) is 8.69. The Labute approximate surface area is 122 Å². The highest BCUT2D eigenvalue weighted by Crippen LogP contribution is 2.24. The third kappa shape index (κ3) is 3.92. The van der Waals surface area contributed by atoms with Gasteiger partial charge in [-0.25, -0.2) is 9.86 Å². The van der Waals surface area contributed by atoms with Gasteiger partial charge in [0, 0.05) is 19.6 Å². The molecule has 1 aliphatic heterocycles. The molecular weight excluding hydrogens is 300 g/mol. The lowest BCUT2D eigenvalue weighted by molar-refractivity contribution is 0.0682. The van der Waals surface area contributed by atoms with Gasteiger partial charge in [0.2, 0.25) is 0 Å². The Kier molecular flexibility index (Phi) is 4.63. The lowest BCUT2D eigenvalue weighted by atomic mass is 9.98. The second-order valence-corrected chi connectivity index (χ2v) is 7.15. The van der Waals surface area contributed by atoms with Gasteiger partial charge in [0.05, 0.1) is 5.69 Å². The zero-order valence-corrected chi connectivity index (χ0v) is 12.5. The maximum Gasteiger partial charge on any atom is 0.274 e. The summed E-state index contributed by atoms with van der Waals surface area (Å²) in [7, 11) is -3.68. The van der Waals surface area contributed by atoms with Gasteiger partial charge in [0.15, 0.2) is 0 Å². The van der Waals surface area contributed by atoms with Crippen molar-refractivity contribution in [3.63, 3.8) is 0 Å². The summed E-state index contributed by atoms with van der Waals surface area (Å²) in [5, 5.41) is 6.69. The van der Waals surface area contributed by atoms with Gasteiger partial charge >= 0.3 is 0 Å². The van der Waals surface area contributed by atoms with E-state index in [0.717, 1.165) is 12.8 Å². The molecule has 1 aromatic heterocycles. The third-order valence-electron chi connectivity index (χ3n) is 3.27. The Morgan fingerprint density at radius 3 is 2.90 bits per heavy atom. The van der Waals surface area contributed by atoms with E-state index in [1.165, 1.54) is 11.3 Å². The lowest BCUT2D eigenvalue weighted by Crippen LogP contribution is -2.44. The highest BCUT2D eigenvalue weighted by Gasteiger charge is 2.26. The van der Waals surface area contributed by atoms with Crippen LogP contribution in [0.25, 0.3) is 0 Å². The molecule has 0 spiro atoms. The van der Waals surface area contributed by atoms with Crippen LogP contribution in [-0.2, 0) is 10.2 Å². The Bertz CT molecular complexity index is 584. The van der Waals surface area contributed by atoms with Crippen molar-refractivity contribution >= 4 is 33.1 Å². The number of nitrogens with two attached hydrogens (primary N) is 2. The molecule has 2 heterocycles. The van der Waals surface area contributed by atoms with Crippen molar-refractivity contribution in [2.75, 3.05) is 25.4 Å². The van der Waals surface area contributed by atoms with Gasteiger partial charge in [-0.05, 0) is 30.2 Å². The monoisotopic (exact) mass is 318 g/mol.